The number of nitrogens with zero attached hydrogens (tertiary/aromatic N) is 1. The first-order valence-corrected chi connectivity index (χ1v) is 6.70. The topological polar surface area (TPSA) is 72.6 Å². The van der Waals surface area contributed by atoms with Crippen LogP contribution in [0.25, 0.3) is 0 Å². The Balaban J connectivity index is 2.91. The van der Waals surface area contributed by atoms with Crippen molar-refractivity contribution in [3.8, 4) is 0 Å². The van der Waals surface area contributed by atoms with Gasteiger partial charge >= 0.3 is 5.97 Å². The number of rotatable bonds is 5. The molecule has 0 spiro atoms. The number of esters is 1. The van der Waals surface area contributed by atoms with Gasteiger partial charge in [-0.05, 0) is 40.5 Å². The number of nitrogen functional groups attached to an aromatic ring is 1. The molecule has 0 bridgehead atoms. The first kappa shape index (κ1) is 15.5. The summed E-state index contributed by atoms with van der Waals surface area (Å²) in [6.45, 7) is 2.37. The summed E-state index contributed by atoms with van der Waals surface area (Å²) in [5, 5.41) is 0. The number of ether oxygens (including phenoxy) is 1. The van der Waals surface area contributed by atoms with Crippen molar-refractivity contribution in [2.75, 3.05) is 25.9 Å². The van der Waals surface area contributed by atoms with E-state index in [1.807, 2.05) is 6.92 Å². The van der Waals surface area contributed by atoms with Gasteiger partial charge in [-0.15, -0.1) is 0 Å². The maximum absolute atomic E-state index is 12.3. The standard InChI is InChI=1S/C13H17BrN2O3/c1-3-6-16(8-12(17)19-2)13(18)9-4-5-10(14)11(15)7-9/h4-5,7H,3,6,8,15H2,1-2H3. The normalized spacial score (nSPS) is 10.1. The average Bonchev–Trinajstić information content (AvgIpc) is 2.40. The van der Waals surface area contributed by atoms with E-state index in [1.54, 1.807) is 18.2 Å². The average molecular weight is 329 g/mol. The van der Waals surface area contributed by atoms with Crippen LogP contribution in [0.2, 0.25) is 0 Å². The highest BCUT2D eigenvalue weighted by atomic mass is 79.9. The fourth-order valence-corrected chi connectivity index (χ4v) is 1.85. The molecule has 0 fully saturated rings. The van der Waals surface area contributed by atoms with Gasteiger partial charge < -0.3 is 15.4 Å². The van der Waals surface area contributed by atoms with Crippen LogP contribution >= 0.6 is 15.9 Å². The van der Waals surface area contributed by atoms with Crippen LogP contribution in [-0.2, 0) is 9.53 Å². The largest absolute Gasteiger partial charge is 0.468 e. The Morgan fingerprint density at radius 3 is 2.63 bits per heavy atom. The monoisotopic (exact) mass is 328 g/mol. The molecule has 0 unspecified atom stereocenters. The maximum atomic E-state index is 12.3. The highest BCUT2D eigenvalue weighted by Crippen LogP contribution is 2.21. The Labute approximate surface area is 120 Å². The molecular formula is C13H17BrN2O3. The van der Waals surface area contributed by atoms with Crippen LogP contribution in [0.3, 0.4) is 0 Å². The summed E-state index contributed by atoms with van der Waals surface area (Å²) in [6, 6.07) is 4.97. The van der Waals surface area contributed by atoms with Crippen LogP contribution in [-0.4, -0.2) is 37.0 Å². The predicted octanol–water partition coefficient (Wildman–Crippen LogP) is 2.06. The van der Waals surface area contributed by atoms with Gasteiger partial charge in [0.2, 0.25) is 0 Å². The molecule has 1 rings (SSSR count). The van der Waals surface area contributed by atoms with Gasteiger partial charge in [0.05, 0.1) is 7.11 Å². The first-order chi connectivity index (χ1) is 8.99. The van der Waals surface area contributed by atoms with Gasteiger partial charge in [0, 0.05) is 22.3 Å². The van der Waals surface area contributed by atoms with Gasteiger partial charge in [-0.25, -0.2) is 0 Å². The van der Waals surface area contributed by atoms with E-state index in [1.165, 1.54) is 12.0 Å². The molecule has 6 heteroatoms. The Kier molecular flexibility index (Phi) is 5.82. The smallest absolute Gasteiger partial charge is 0.325 e. The Morgan fingerprint density at radius 2 is 2.11 bits per heavy atom. The van der Waals surface area contributed by atoms with E-state index in [2.05, 4.69) is 20.7 Å². The number of halogens is 1. The highest BCUT2D eigenvalue weighted by Gasteiger charge is 2.18. The second-order valence-corrected chi connectivity index (χ2v) is 4.89. The van der Waals surface area contributed by atoms with Gasteiger partial charge in [0.1, 0.15) is 6.54 Å². The van der Waals surface area contributed by atoms with Crippen molar-refractivity contribution >= 4 is 33.5 Å². The van der Waals surface area contributed by atoms with Crippen molar-refractivity contribution in [3.63, 3.8) is 0 Å². The third-order valence-electron chi connectivity index (χ3n) is 2.57. The summed E-state index contributed by atoms with van der Waals surface area (Å²) in [7, 11) is 1.30. The lowest BCUT2D eigenvalue weighted by Crippen LogP contribution is -2.36. The Bertz CT molecular complexity index is 477. The number of benzene rings is 1. The van der Waals surface area contributed by atoms with Crippen LogP contribution in [0.5, 0.6) is 0 Å². The lowest BCUT2D eigenvalue weighted by molar-refractivity contribution is -0.141. The molecule has 2 N–H and O–H groups in total. The van der Waals surface area contributed by atoms with E-state index in [4.69, 9.17) is 5.73 Å². The minimum Gasteiger partial charge on any atom is -0.468 e. The molecule has 19 heavy (non-hydrogen) atoms. The number of anilines is 1. The molecule has 1 aromatic carbocycles. The van der Waals surface area contributed by atoms with E-state index in [0.29, 0.717) is 17.8 Å². The number of amides is 1. The van der Waals surface area contributed by atoms with E-state index >= 15 is 0 Å². The minimum absolute atomic E-state index is 0.0564. The van der Waals surface area contributed by atoms with Crippen molar-refractivity contribution in [2.45, 2.75) is 13.3 Å². The highest BCUT2D eigenvalue weighted by molar-refractivity contribution is 9.10. The zero-order chi connectivity index (χ0) is 14.4. The summed E-state index contributed by atoms with van der Waals surface area (Å²) >= 11 is 3.27. The first-order valence-electron chi connectivity index (χ1n) is 5.90. The van der Waals surface area contributed by atoms with E-state index in [0.717, 1.165) is 10.9 Å². The van der Waals surface area contributed by atoms with Crippen LogP contribution in [0.15, 0.2) is 22.7 Å². The van der Waals surface area contributed by atoms with Crippen LogP contribution in [0.4, 0.5) is 5.69 Å². The molecule has 0 saturated heterocycles. The number of methoxy groups -OCH3 is 1. The molecule has 0 radical (unpaired) electrons. The zero-order valence-electron chi connectivity index (χ0n) is 11.0. The van der Waals surface area contributed by atoms with Crippen molar-refractivity contribution in [1.82, 2.24) is 4.90 Å². The van der Waals surface area contributed by atoms with E-state index < -0.39 is 5.97 Å². The van der Waals surface area contributed by atoms with Gasteiger partial charge in [0.15, 0.2) is 0 Å². The third-order valence-corrected chi connectivity index (χ3v) is 3.29. The van der Waals surface area contributed by atoms with Gasteiger partial charge in [-0.2, -0.15) is 0 Å². The van der Waals surface area contributed by atoms with Crippen LogP contribution < -0.4 is 5.73 Å². The molecule has 0 aliphatic rings. The third kappa shape index (κ3) is 4.24. The van der Waals surface area contributed by atoms with Gasteiger partial charge in [-0.3, -0.25) is 9.59 Å². The quantitative estimate of drug-likeness (QED) is 0.663. The van der Waals surface area contributed by atoms with Crippen molar-refractivity contribution in [3.05, 3.63) is 28.2 Å². The Morgan fingerprint density at radius 1 is 1.42 bits per heavy atom. The molecule has 0 heterocycles. The van der Waals surface area contributed by atoms with Crippen molar-refractivity contribution in [2.24, 2.45) is 0 Å². The summed E-state index contributed by atoms with van der Waals surface area (Å²) < 4.78 is 5.33. The zero-order valence-corrected chi connectivity index (χ0v) is 12.6. The van der Waals surface area contributed by atoms with E-state index in [-0.39, 0.29) is 12.5 Å². The molecule has 5 nitrogen and oxygen atoms in total. The lowest BCUT2D eigenvalue weighted by atomic mass is 10.1. The SMILES string of the molecule is CCCN(CC(=O)OC)C(=O)c1ccc(Br)c(N)c1. The molecule has 104 valence electrons. The van der Waals surface area contributed by atoms with Crippen molar-refractivity contribution < 1.29 is 14.3 Å². The predicted molar refractivity (Wildman–Crippen MR) is 76.8 cm³/mol. The summed E-state index contributed by atoms with van der Waals surface area (Å²) in [5.41, 5.74) is 6.69. The molecule has 0 aliphatic carbocycles. The fourth-order valence-electron chi connectivity index (χ4n) is 1.60. The number of nitrogens with two attached hydrogens (primary N) is 1. The maximum Gasteiger partial charge on any atom is 0.325 e. The summed E-state index contributed by atoms with van der Waals surface area (Å²) in [6.07, 6.45) is 0.759. The number of hydrogen-bond acceptors (Lipinski definition) is 4. The molecule has 0 aliphatic heterocycles. The fraction of sp³-hybridized carbons (Fsp3) is 0.385. The molecular weight excluding hydrogens is 312 g/mol. The number of carbonyl (C=O) groups excluding carboxylic acids is 2. The molecule has 0 atom stereocenters. The second-order valence-electron chi connectivity index (χ2n) is 4.04. The second kappa shape index (κ2) is 7.13. The van der Waals surface area contributed by atoms with Crippen LogP contribution in [0.1, 0.15) is 23.7 Å². The summed E-state index contributed by atoms with van der Waals surface area (Å²) in [5.74, 6) is -0.668. The number of hydrogen-bond donors (Lipinski definition) is 1. The van der Waals surface area contributed by atoms with Crippen LogP contribution in [0, 0.1) is 0 Å². The van der Waals surface area contributed by atoms with E-state index in [9.17, 15) is 9.59 Å². The molecule has 0 saturated carbocycles. The van der Waals surface area contributed by atoms with Gasteiger partial charge in [-0.1, -0.05) is 6.92 Å². The van der Waals surface area contributed by atoms with Crippen molar-refractivity contribution in [1.29, 1.82) is 0 Å². The number of carbonyl (C=O) groups is 2. The molecule has 1 amide bonds. The summed E-state index contributed by atoms with van der Waals surface area (Å²) in [4.78, 5) is 25.1. The lowest BCUT2D eigenvalue weighted by Gasteiger charge is -2.21. The molecule has 1 aromatic rings. The molecule has 0 aromatic heterocycles. The van der Waals surface area contributed by atoms with Gasteiger partial charge in [0.25, 0.3) is 5.91 Å². The Hall–Kier alpha value is -1.56. The minimum atomic E-state index is -0.438.